The summed E-state index contributed by atoms with van der Waals surface area (Å²) in [4.78, 5) is 39.3. The van der Waals surface area contributed by atoms with Crippen LogP contribution >= 0.6 is 0 Å². The van der Waals surface area contributed by atoms with Gasteiger partial charge in [0.05, 0.1) is 5.92 Å². The van der Waals surface area contributed by atoms with Crippen LogP contribution in [0.2, 0.25) is 0 Å². The highest BCUT2D eigenvalue weighted by atomic mass is 16.5. The summed E-state index contributed by atoms with van der Waals surface area (Å²) in [5, 5.41) is 0. The number of rotatable bonds is 4. The van der Waals surface area contributed by atoms with Gasteiger partial charge in [-0.2, -0.15) is 0 Å². The van der Waals surface area contributed by atoms with E-state index in [0.717, 1.165) is 37.8 Å². The number of Topliss-reactive ketones (excluding diaryl/α,β-unsaturated/α-hetero) is 1. The van der Waals surface area contributed by atoms with E-state index in [1.807, 2.05) is 20.2 Å². The van der Waals surface area contributed by atoms with Gasteiger partial charge >= 0.3 is 5.97 Å². The van der Waals surface area contributed by atoms with Crippen LogP contribution in [0.1, 0.15) is 70.8 Å². The molecule has 5 rings (SSSR count). The largest absolute Gasteiger partial charge is 0.462 e. The van der Waals surface area contributed by atoms with Crippen LogP contribution in [-0.2, 0) is 19.1 Å². The predicted octanol–water partition coefficient (Wildman–Crippen LogP) is 5.40. The van der Waals surface area contributed by atoms with Crippen LogP contribution in [0.5, 0.6) is 0 Å². The molecule has 5 nitrogen and oxygen atoms in total. The highest BCUT2D eigenvalue weighted by Gasteiger charge is 2.62. The number of esters is 1. The van der Waals surface area contributed by atoms with Crippen LogP contribution < -0.4 is 4.90 Å². The summed E-state index contributed by atoms with van der Waals surface area (Å²) in [6, 6.07) is 8.82. The highest BCUT2D eigenvalue weighted by molar-refractivity contribution is 5.93. The quantitative estimate of drug-likeness (QED) is 0.546. The van der Waals surface area contributed by atoms with Gasteiger partial charge in [0.15, 0.2) is 5.78 Å². The summed E-state index contributed by atoms with van der Waals surface area (Å²) in [7, 11) is 4.09. The van der Waals surface area contributed by atoms with Gasteiger partial charge in [-0.05, 0) is 91.2 Å². The topological polar surface area (TPSA) is 63.7 Å². The number of hydrogen-bond acceptors (Lipinski definition) is 5. The van der Waals surface area contributed by atoms with Crippen molar-refractivity contribution in [1.82, 2.24) is 0 Å². The van der Waals surface area contributed by atoms with Gasteiger partial charge in [-0.25, -0.2) is 0 Å². The van der Waals surface area contributed by atoms with E-state index in [1.54, 1.807) is 6.92 Å². The zero-order valence-electron chi connectivity index (χ0n) is 21.6. The molecule has 186 valence electrons. The van der Waals surface area contributed by atoms with Crippen molar-refractivity contribution >= 4 is 23.2 Å². The fraction of sp³-hybridized carbons (Fsp3) is 0.567. The Hall–Kier alpha value is -2.69. The molecular formula is C30H37NO4. The van der Waals surface area contributed by atoms with Gasteiger partial charge in [0, 0.05) is 39.0 Å². The van der Waals surface area contributed by atoms with Crippen LogP contribution in [0, 0.1) is 23.2 Å². The van der Waals surface area contributed by atoms with E-state index in [4.69, 9.17) is 4.74 Å². The molecule has 1 aromatic rings. The van der Waals surface area contributed by atoms with Gasteiger partial charge in [0.1, 0.15) is 11.9 Å². The van der Waals surface area contributed by atoms with Crippen molar-refractivity contribution in [3.05, 3.63) is 52.6 Å². The number of carbonyl (C=O) groups is 3. The average molecular weight is 476 g/mol. The lowest BCUT2D eigenvalue weighted by Crippen LogP contribution is -2.45. The summed E-state index contributed by atoms with van der Waals surface area (Å²) in [5.41, 5.74) is 6.30. The van der Waals surface area contributed by atoms with E-state index < -0.39 is 0 Å². The molecule has 4 aliphatic carbocycles. The molecule has 0 aliphatic heterocycles. The second kappa shape index (κ2) is 8.76. The third-order valence-electron chi connectivity index (χ3n) is 9.30. The van der Waals surface area contributed by atoms with Crippen molar-refractivity contribution in [1.29, 1.82) is 0 Å². The number of hydrogen-bond donors (Lipinski definition) is 0. The Bertz CT molecular complexity index is 1130. The molecule has 0 amide bonds. The maximum absolute atomic E-state index is 13.0. The first-order valence-corrected chi connectivity index (χ1v) is 13.0. The summed E-state index contributed by atoms with van der Waals surface area (Å²) in [6.45, 7) is 5.38. The smallest absolute Gasteiger partial charge is 0.302 e. The van der Waals surface area contributed by atoms with Crippen molar-refractivity contribution in [3.8, 4) is 0 Å². The Labute approximate surface area is 208 Å². The van der Waals surface area contributed by atoms with Gasteiger partial charge in [-0.15, -0.1) is 0 Å². The van der Waals surface area contributed by atoms with E-state index in [-0.39, 0.29) is 40.9 Å². The minimum Gasteiger partial charge on any atom is -0.462 e. The minimum atomic E-state index is -0.356. The highest BCUT2D eigenvalue weighted by Crippen LogP contribution is 2.66. The van der Waals surface area contributed by atoms with Crippen molar-refractivity contribution in [2.45, 2.75) is 71.3 Å². The second-order valence-electron chi connectivity index (χ2n) is 11.5. The minimum absolute atomic E-state index is 0.124. The van der Waals surface area contributed by atoms with E-state index in [0.29, 0.717) is 18.3 Å². The van der Waals surface area contributed by atoms with Crippen LogP contribution in [0.4, 0.5) is 5.69 Å². The molecule has 0 spiro atoms. The zero-order chi connectivity index (χ0) is 25.1. The Morgan fingerprint density at radius 2 is 1.77 bits per heavy atom. The second-order valence-corrected chi connectivity index (χ2v) is 11.5. The summed E-state index contributed by atoms with van der Waals surface area (Å²) in [5.74, 6) is 0.604. The number of ketones is 2. The molecule has 2 saturated carbocycles. The van der Waals surface area contributed by atoms with E-state index in [9.17, 15) is 14.4 Å². The SMILES string of the molecule is CC(=O)O[C@@H]1C[C@H]2[C@@H]3CCC4=CC(=O)CCC4=C3[C@@H](c3ccc(N(C)C)cc3)C[C@]2(C)C1C(C)=O. The molecule has 0 aromatic heterocycles. The van der Waals surface area contributed by atoms with Crippen molar-refractivity contribution < 1.29 is 19.1 Å². The fourth-order valence-electron chi connectivity index (χ4n) is 8.01. The van der Waals surface area contributed by atoms with Crippen molar-refractivity contribution in [3.63, 3.8) is 0 Å². The Kier molecular flexibility index (Phi) is 6.01. The third kappa shape index (κ3) is 3.97. The molecule has 6 atom stereocenters. The molecule has 2 fully saturated rings. The predicted molar refractivity (Wildman–Crippen MR) is 136 cm³/mol. The Morgan fingerprint density at radius 3 is 2.40 bits per heavy atom. The standard InChI is InChI=1S/C30H37NO4/c1-17(32)29-27(35-18(2)33)15-26-24-12-8-20-14-22(34)11-13-23(20)28(24)25(16-30(26,29)3)19-6-9-21(10-7-19)31(4)5/h6-7,9-10,14,24-27,29H,8,11-13,15-16H2,1-5H3/t24-,25+,26-,27+,29?,30-/m0/s1. The first-order chi connectivity index (χ1) is 16.6. The molecule has 4 aliphatic rings. The molecule has 1 unspecified atom stereocenters. The van der Waals surface area contributed by atoms with Crippen LogP contribution in [-0.4, -0.2) is 37.7 Å². The van der Waals surface area contributed by atoms with Crippen molar-refractivity contribution in [2.24, 2.45) is 23.2 Å². The van der Waals surface area contributed by atoms with Gasteiger partial charge in [-0.3, -0.25) is 14.4 Å². The van der Waals surface area contributed by atoms with Crippen LogP contribution in [0.15, 0.2) is 47.1 Å². The number of anilines is 1. The van der Waals surface area contributed by atoms with Gasteiger partial charge in [-0.1, -0.05) is 24.6 Å². The lowest BCUT2D eigenvalue weighted by atomic mass is 9.51. The van der Waals surface area contributed by atoms with Crippen LogP contribution in [0.3, 0.4) is 0 Å². The number of allylic oxidation sites excluding steroid dienone is 4. The third-order valence-corrected chi connectivity index (χ3v) is 9.30. The molecule has 1 aromatic carbocycles. The van der Waals surface area contributed by atoms with Gasteiger partial charge in [0.25, 0.3) is 0 Å². The van der Waals surface area contributed by atoms with E-state index in [2.05, 4.69) is 36.1 Å². The van der Waals surface area contributed by atoms with Gasteiger partial charge in [0.2, 0.25) is 0 Å². The molecule has 0 radical (unpaired) electrons. The van der Waals surface area contributed by atoms with Gasteiger partial charge < -0.3 is 9.64 Å². The lowest BCUT2D eigenvalue weighted by Gasteiger charge is -2.52. The summed E-state index contributed by atoms with van der Waals surface area (Å²) in [6.07, 6.45) is 6.43. The maximum Gasteiger partial charge on any atom is 0.302 e. The fourth-order valence-corrected chi connectivity index (χ4v) is 8.01. The van der Waals surface area contributed by atoms with Crippen molar-refractivity contribution in [2.75, 3.05) is 19.0 Å². The molecule has 0 saturated heterocycles. The number of carbonyl (C=O) groups excluding carboxylic acids is 3. The monoisotopic (exact) mass is 475 g/mol. The summed E-state index contributed by atoms with van der Waals surface area (Å²) < 4.78 is 5.79. The molecule has 0 bridgehead atoms. The summed E-state index contributed by atoms with van der Waals surface area (Å²) >= 11 is 0. The lowest BCUT2D eigenvalue weighted by molar-refractivity contribution is -0.151. The van der Waals surface area contributed by atoms with E-state index in [1.165, 1.54) is 29.2 Å². The average Bonchev–Trinajstić information content (AvgIpc) is 3.09. The zero-order valence-corrected chi connectivity index (χ0v) is 21.6. The number of ether oxygens (including phenoxy) is 1. The van der Waals surface area contributed by atoms with Crippen LogP contribution in [0.25, 0.3) is 0 Å². The number of benzene rings is 1. The first-order valence-electron chi connectivity index (χ1n) is 13.0. The number of fused-ring (bicyclic) bond motifs is 4. The Balaban J connectivity index is 1.65. The number of nitrogens with zero attached hydrogens (tertiary/aromatic N) is 1. The molecule has 5 heteroatoms. The Morgan fingerprint density at radius 1 is 1.06 bits per heavy atom. The molecule has 0 N–H and O–H groups in total. The normalized spacial score (nSPS) is 33.9. The first kappa shape index (κ1) is 24.0. The maximum atomic E-state index is 13.0. The molecule has 0 heterocycles. The molecular weight excluding hydrogens is 438 g/mol. The van der Waals surface area contributed by atoms with E-state index >= 15 is 0 Å². The molecule has 35 heavy (non-hydrogen) atoms.